The molecule has 0 saturated carbocycles. The van der Waals surface area contributed by atoms with Crippen LogP contribution in [0.4, 0.5) is 0 Å². The molecule has 76 valence electrons. The molecule has 0 radical (unpaired) electrons. The van der Waals surface area contributed by atoms with Crippen molar-refractivity contribution in [3.8, 4) is 0 Å². The molecule has 0 aromatic heterocycles. The van der Waals surface area contributed by atoms with Crippen LogP contribution in [0, 0.1) is 0 Å². The Morgan fingerprint density at radius 1 is 1.43 bits per heavy atom. The second-order valence-electron chi connectivity index (χ2n) is 3.85. The number of hydrogen-bond donors (Lipinski definition) is 1. The molecule has 14 heavy (non-hydrogen) atoms. The monoisotopic (exact) mass is 191 g/mol. The van der Waals surface area contributed by atoms with Crippen LogP contribution in [0.5, 0.6) is 0 Å². The first-order chi connectivity index (χ1) is 6.61. The lowest BCUT2D eigenvalue weighted by Gasteiger charge is -2.06. The molecule has 2 N–H and O–H groups in total. The van der Waals surface area contributed by atoms with Crippen molar-refractivity contribution < 1.29 is 4.79 Å². The minimum absolute atomic E-state index is 0.360. The Morgan fingerprint density at radius 2 is 2.14 bits per heavy atom. The molecule has 1 aliphatic rings. The number of rotatable bonds is 3. The number of nitrogens with two attached hydrogens (primary N) is 1. The first-order valence-corrected chi connectivity index (χ1v) is 4.87. The Morgan fingerprint density at radius 3 is 2.79 bits per heavy atom. The quantitative estimate of drug-likeness (QED) is 0.694. The molecule has 1 rings (SSSR count). The standard InChI is InChI=1S/C12H17NO/c1-9-3-4-11(6-10(2)5-9)7-12(13)8-14/h3,5-6,8,12H,4,7,13H2,1-2H3. The molecule has 0 bridgehead atoms. The van der Waals surface area contributed by atoms with Gasteiger partial charge in [-0.25, -0.2) is 0 Å². The number of carbonyl (C=O) groups is 1. The van der Waals surface area contributed by atoms with E-state index in [0.29, 0.717) is 6.42 Å². The SMILES string of the molecule is CC1=CCC(CC(N)C=O)=CC(C)=C1. The van der Waals surface area contributed by atoms with Gasteiger partial charge in [-0.05, 0) is 26.7 Å². The minimum atomic E-state index is -0.360. The van der Waals surface area contributed by atoms with Crippen LogP contribution in [0.3, 0.4) is 0 Å². The molecule has 1 unspecified atom stereocenters. The molecule has 2 nitrogen and oxygen atoms in total. The van der Waals surface area contributed by atoms with Crippen molar-refractivity contribution in [2.75, 3.05) is 0 Å². The van der Waals surface area contributed by atoms with Crippen molar-refractivity contribution in [1.29, 1.82) is 0 Å². The van der Waals surface area contributed by atoms with Gasteiger partial charge in [0.1, 0.15) is 6.29 Å². The summed E-state index contributed by atoms with van der Waals surface area (Å²) in [5, 5.41) is 0. The highest BCUT2D eigenvalue weighted by Crippen LogP contribution is 2.19. The summed E-state index contributed by atoms with van der Waals surface area (Å²) in [6, 6.07) is -0.360. The number of hydrogen-bond acceptors (Lipinski definition) is 2. The van der Waals surface area contributed by atoms with Crippen LogP contribution in [0.1, 0.15) is 26.7 Å². The molecule has 0 aromatic carbocycles. The van der Waals surface area contributed by atoms with Crippen LogP contribution in [0.25, 0.3) is 0 Å². The van der Waals surface area contributed by atoms with Gasteiger partial charge in [0.2, 0.25) is 0 Å². The summed E-state index contributed by atoms with van der Waals surface area (Å²) < 4.78 is 0. The van der Waals surface area contributed by atoms with Gasteiger partial charge < -0.3 is 10.5 Å². The molecule has 1 aliphatic carbocycles. The maximum atomic E-state index is 10.4. The number of aldehydes is 1. The molecular weight excluding hydrogens is 174 g/mol. The van der Waals surface area contributed by atoms with Gasteiger partial charge in [-0.3, -0.25) is 0 Å². The maximum Gasteiger partial charge on any atom is 0.137 e. The van der Waals surface area contributed by atoms with E-state index in [1.807, 2.05) is 0 Å². The van der Waals surface area contributed by atoms with Gasteiger partial charge in [0, 0.05) is 0 Å². The predicted molar refractivity (Wildman–Crippen MR) is 58.9 cm³/mol. The Labute approximate surface area is 85.2 Å². The smallest absolute Gasteiger partial charge is 0.137 e. The van der Waals surface area contributed by atoms with Crippen molar-refractivity contribution in [2.24, 2.45) is 5.73 Å². The van der Waals surface area contributed by atoms with E-state index in [0.717, 1.165) is 12.7 Å². The van der Waals surface area contributed by atoms with Gasteiger partial charge in [0.25, 0.3) is 0 Å². The topological polar surface area (TPSA) is 43.1 Å². The van der Waals surface area contributed by atoms with E-state index < -0.39 is 0 Å². The van der Waals surface area contributed by atoms with Gasteiger partial charge in [0.05, 0.1) is 6.04 Å². The molecule has 0 amide bonds. The Kier molecular flexibility index (Phi) is 3.84. The van der Waals surface area contributed by atoms with Crippen LogP contribution in [0.15, 0.2) is 34.9 Å². The summed E-state index contributed by atoms with van der Waals surface area (Å²) >= 11 is 0. The first kappa shape index (κ1) is 10.9. The molecule has 1 atom stereocenters. The Bertz CT molecular complexity index is 310. The van der Waals surface area contributed by atoms with E-state index in [-0.39, 0.29) is 6.04 Å². The lowest BCUT2D eigenvalue weighted by molar-refractivity contribution is -0.108. The fraction of sp³-hybridized carbons (Fsp3) is 0.417. The Balaban J connectivity index is 2.72. The summed E-state index contributed by atoms with van der Waals surface area (Å²) in [6.07, 6.45) is 8.80. The van der Waals surface area contributed by atoms with Crippen molar-refractivity contribution in [3.05, 3.63) is 34.9 Å². The van der Waals surface area contributed by atoms with Crippen molar-refractivity contribution in [1.82, 2.24) is 0 Å². The lowest BCUT2D eigenvalue weighted by Crippen LogP contribution is -2.21. The summed E-state index contributed by atoms with van der Waals surface area (Å²) in [7, 11) is 0. The van der Waals surface area contributed by atoms with Crippen LogP contribution in [-0.4, -0.2) is 12.3 Å². The van der Waals surface area contributed by atoms with Crippen LogP contribution in [0.2, 0.25) is 0 Å². The molecule has 2 heteroatoms. The van der Waals surface area contributed by atoms with E-state index in [1.165, 1.54) is 16.7 Å². The highest BCUT2D eigenvalue weighted by Gasteiger charge is 2.06. The minimum Gasteiger partial charge on any atom is -0.321 e. The summed E-state index contributed by atoms with van der Waals surface area (Å²) in [6.45, 7) is 4.15. The van der Waals surface area contributed by atoms with Crippen molar-refractivity contribution >= 4 is 6.29 Å². The molecule has 0 aliphatic heterocycles. The van der Waals surface area contributed by atoms with E-state index in [2.05, 4.69) is 32.1 Å². The van der Waals surface area contributed by atoms with E-state index >= 15 is 0 Å². The highest BCUT2D eigenvalue weighted by atomic mass is 16.1. The zero-order valence-corrected chi connectivity index (χ0v) is 8.79. The fourth-order valence-electron chi connectivity index (χ4n) is 1.63. The van der Waals surface area contributed by atoms with Gasteiger partial charge >= 0.3 is 0 Å². The zero-order valence-electron chi connectivity index (χ0n) is 8.79. The molecule has 0 aromatic rings. The van der Waals surface area contributed by atoms with Gasteiger partial charge in [0.15, 0.2) is 0 Å². The average Bonchev–Trinajstić information content (AvgIpc) is 2.27. The van der Waals surface area contributed by atoms with Crippen LogP contribution >= 0.6 is 0 Å². The van der Waals surface area contributed by atoms with E-state index in [1.54, 1.807) is 0 Å². The third-order valence-electron chi connectivity index (χ3n) is 2.25. The average molecular weight is 191 g/mol. The van der Waals surface area contributed by atoms with E-state index in [9.17, 15) is 4.79 Å². The third kappa shape index (κ3) is 3.30. The molecule has 0 fully saturated rings. The maximum absolute atomic E-state index is 10.4. The first-order valence-electron chi connectivity index (χ1n) is 4.87. The second-order valence-corrected chi connectivity index (χ2v) is 3.85. The fourth-order valence-corrected chi connectivity index (χ4v) is 1.63. The van der Waals surface area contributed by atoms with Gasteiger partial charge in [-0.1, -0.05) is 34.9 Å². The van der Waals surface area contributed by atoms with Gasteiger partial charge in [-0.2, -0.15) is 0 Å². The molecule has 0 heterocycles. The van der Waals surface area contributed by atoms with Crippen molar-refractivity contribution in [3.63, 3.8) is 0 Å². The number of carbonyl (C=O) groups excluding carboxylic acids is 1. The van der Waals surface area contributed by atoms with Crippen LogP contribution < -0.4 is 5.73 Å². The summed E-state index contributed by atoms with van der Waals surface area (Å²) in [5.74, 6) is 0. The second kappa shape index (κ2) is 4.91. The molecule has 0 spiro atoms. The van der Waals surface area contributed by atoms with E-state index in [4.69, 9.17) is 5.73 Å². The third-order valence-corrected chi connectivity index (χ3v) is 2.25. The molecular formula is C12H17NO. The molecule has 0 saturated heterocycles. The zero-order chi connectivity index (χ0) is 10.6. The largest absolute Gasteiger partial charge is 0.321 e. The highest BCUT2D eigenvalue weighted by molar-refractivity contribution is 5.58. The van der Waals surface area contributed by atoms with Crippen LogP contribution in [-0.2, 0) is 4.79 Å². The normalized spacial score (nSPS) is 18.9. The predicted octanol–water partition coefficient (Wildman–Crippen LogP) is 2.13. The summed E-state index contributed by atoms with van der Waals surface area (Å²) in [4.78, 5) is 10.4. The summed E-state index contributed by atoms with van der Waals surface area (Å²) in [5.41, 5.74) is 9.32. The van der Waals surface area contributed by atoms with Crippen molar-refractivity contribution in [2.45, 2.75) is 32.7 Å². The van der Waals surface area contributed by atoms with Gasteiger partial charge in [-0.15, -0.1) is 0 Å². The lowest BCUT2D eigenvalue weighted by atomic mass is 10.0. The Hall–Kier alpha value is -1.15. The number of allylic oxidation sites excluding steroid dienone is 5.